The van der Waals surface area contributed by atoms with Crippen LogP contribution in [0.4, 0.5) is 5.69 Å². The van der Waals surface area contributed by atoms with Crippen molar-refractivity contribution >= 4 is 32.2 Å². The van der Waals surface area contributed by atoms with E-state index in [0.29, 0.717) is 41.5 Å². The van der Waals surface area contributed by atoms with Gasteiger partial charge < -0.3 is 4.90 Å². The van der Waals surface area contributed by atoms with Crippen LogP contribution in [0.5, 0.6) is 0 Å². The summed E-state index contributed by atoms with van der Waals surface area (Å²) < 4.78 is 25.2. The standard InChI is InChI=1S/C25H21N3O4S/c1-33(31,32)19-13-14-22-17(16-19)8-7-15-27(22)25(30)23-20-11-5-6-12-21(20)24(29)28(26-23)18-9-3-2-4-10-18/h2-6,9-14,16H,7-8,15H2,1H3. The van der Waals surface area contributed by atoms with Crippen molar-refractivity contribution in [3.63, 3.8) is 0 Å². The van der Waals surface area contributed by atoms with Crippen LogP contribution in [0.1, 0.15) is 22.5 Å². The minimum absolute atomic E-state index is 0.175. The Morgan fingerprint density at radius 2 is 1.64 bits per heavy atom. The number of aryl methyl sites for hydroxylation is 1. The van der Waals surface area contributed by atoms with Crippen LogP contribution >= 0.6 is 0 Å². The number of nitrogens with zero attached hydrogens (tertiary/aromatic N) is 3. The summed E-state index contributed by atoms with van der Waals surface area (Å²) in [7, 11) is -3.35. The zero-order valence-corrected chi connectivity index (χ0v) is 18.7. The Kier molecular flexibility index (Phi) is 5.09. The summed E-state index contributed by atoms with van der Waals surface area (Å²) in [5.41, 5.74) is 1.92. The third kappa shape index (κ3) is 3.72. The van der Waals surface area contributed by atoms with Gasteiger partial charge in [-0.1, -0.05) is 36.4 Å². The predicted octanol–water partition coefficient (Wildman–Crippen LogP) is 3.38. The van der Waals surface area contributed by atoms with Crippen molar-refractivity contribution in [2.45, 2.75) is 17.7 Å². The van der Waals surface area contributed by atoms with Crippen LogP contribution in [0.3, 0.4) is 0 Å². The monoisotopic (exact) mass is 459 g/mol. The van der Waals surface area contributed by atoms with E-state index in [9.17, 15) is 18.0 Å². The number of rotatable bonds is 3. The van der Waals surface area contributed by atoms with E-state index in [1.807, 2.05) is 6.07 Å². The fourth-order valence-electron chi connectivity index (χ4n) is 4.23. The van der Waals surface area contributed by atoms with Crippen molar-refractivity contribution < 1.29 is 13.2 Å². The van der Waals surface area contributed by atoms with E-state index >= 15 is 0 Å². The second kappa shape index (κ2) is 7.97. The van der Waals surface area contributed by atoms with Crippen LogP contribution in [0.2, 0.25) is 0 Å². The lowest BCUT2D eigenvalue weighted by Crippen LogP contribution is -2.37. The van der Waals surface area contributed by atoms with Crippen LogP contribution in [0.25, 0.3) is 16.5 Å². The van der Waals surface area contributed by atoms with Crippen LogP contribution in [-0.4, -0.2) is 36.9 Å². The molecule has 4 aromatic rings. The van der Waals surface area contributed by atoms with Gasteiger partial charge in [0.15, 0.2) is 15.5 Å². The number of amides is 1. The molecule has 0 N–H and O–H groups in total. The van der Waals surface area contributed by atoms with E-state index in [1.54, 1.807) is 65.6 Å². The minimum atomic E-state index is -3.35. The molecule has 1 aromatic heterocycles. The van der Waals surface area contributed by atoms with Crippen LogP contribution in [0.15, 0.2) is 82.5 Å². The van der Waals surface area contributed by atoms with E-state index in [0.717, 1.165) is 5.56 Å². The number of hydrogen-bond acceptors (Lipinski definition) is 5. The summed E-state index contributed by atoms with van der Waals surface area (Å²) in [5, 5.41) is 5.39. The summed E-state index contributed by atoms with van der Waals surface area (Å²) in [6, 6.07) is 20.8. The molecule has 0 atom stereocenters. The molecule has 0 unspecified atom stereocenters. The van der Waals surface area contributed by atoms with Crippen molar-refractivity contribution in [1.82, 2.24) is 9.78 Å². The molecule has 2 heterocycles. The Bertz CT molecular complexity index is 1560. The average molecular weight is 460 g/mol. The second-order valence-electron chi connectivity index (χ2n) is 8.07. The van der Waals surface area contributed by atoms with Gasteiger partial charge in [0.2, 0.25) is 0 Å². The van der Waals surface area contributed by atoms with Gasteiger partial charge in [0.25, 0.3) is 11.5 Å². The van der Waals surface area contributed by atoms with Gasteiger partial charge in [0.05, 0.1) is 16.0 Å². The third-order valence-electron chi connectivity index (χ3n) is 5.85. The Morgan fingerprint density at radius 1 is 0.939 bits per heavy atom. The molecule has 0 saturated heterocycles. The van der Waals surface area contributed by atoms with Gasteiger partial charge in [-0.15, -0.1) is 0 Å². The molecule has 1 aliphatic heterocycles. The van der Waals surface area contributed by atoms with Gasteiger partial charge in [-0.2, -0.15) is 9.78 Å². The Labute approximate surface area is 190 Å². The van der Waals surface area contributed by atoms with E-state index in [4.69, 9.17) is 0 Å². The Morgan fingerprint density at radius 3 is 2.36 bits per heavy atom. The number of sulfone groups is 1. The molecular formula is C25H21N3O4S. The largest absolute Gasteiger partial charge is 0.307 e. The number of carbonyl (C=O) groups excluding carboxylic acids is 1. The number of carbonyl (C=O) groups is 1. The van der Waals surface area contributed by atoms with Gasteiger partial charge in [0.1, 0.15) is 0 Å². The molecule has 0 saturated carbocycles. The molecule has 33 heavy (non-hydrogen) atoms. The lowest BCUT2D eigenvalue weighted by atomic mass is 10.0. The maximum absolute atomic E-state index is 13.8. The molecule has 0 fully saturated rings. The van der Waals surface area contributed by atoms with Gasteiger partial charge in [-0.05, 0) is 54.8 Å². The van der Waals surface area contributed by atoms with Crippen LogP contribution in [-0.2, 0) is 16.3 Å². The van der Waals surface area contributed by atoms with Crippen LogP contribution in [0, 0.1) is 0 Å². The molecule has 0 aliphatic carbocycles. The Hall–Kier alpha value is -3.78. The molecule has 5 rings (SSSR count). The predicted molar refractivity (Wildman–Crippen MR) is 127 cm³/mol. The SMILES string of the molecule is CS(=O)(=O)c1ccc2c(c1)CCCN2C(=O)c1nn(-c2ccccc2)c(=O)c2ccccc12. The highest BCUT2D eigenvalue weighted by atomic mass is 32.2. The summed E-state index contributed by atoms with van der Waals surface area (Å²) >= 11 is 0. The fraction of sp³-hybridized carbons (Fsp3) is 0.160. The lowest BCUT2D eigenvalue weighted by molar-refractivity contribution is 0.0980. The number of fused-ring (bicyclic) bond motifs is 2. The molecule has 3 aromatic carbocycles. The third-order valence-corrected chi connectivity index (χ3v) is 6.96. The summed E-state index contributed by atoms with van der Waals surface area (Å²) in [6.45, 7) is 0.477. The normalized spacial score (nSPS) is 13.7. The summed E-state index contributed by atoms with van der Waals surface area (Å²) in [4.78, 5) is 28.8. The highest BCUT2D eigenvalue weighted by Gasteiger charge is 2.28. The molecule has 0 radical (unpaired) electrons. The summed E-state index contributed by atoms with van der Waals surface area (Å²) in [6.07, 6.45) is 2.55. The first-order valence-corrected chi connectivity index (χ1v) is 12.5. The van der Waals surface area contributed by atoms with Crippen LogP contribution < -0.4 is 10.5 Å². The van der Waals surface area contributed by atoms with Gasteiger partial charge in [0, 0.05) is 23.9 Å². The van der Waals surface area contributed by atoms with Crippen molar-refractivity contribution in [3.05, 3.63) is 94.4 Å². The average Bonchev–Trinajstić information content (AvgIpc) is 2.83. The first-order chi connectivity index (χ1) is 15.8. The van der Waals surface area contributed by atoms with Gasteiger partial charge >= 0.3 is 0 Å². The number of hydrogen-bond donors (Lipinski definition) is 0. The molecule has 8 heteroatoms. The van der Waals surface area contributed by atoms with Gasteiger partial charge in [-0.25, -0.2) is 8.42 Å². The molecule has 0 bridgehead atoms. The topological polar surface area (TPSA) is 89.3 Å². The molecule has 1 aliphatic rings. The quantitative estimate of drug-likeness (QED) is 0.469. The number of benzene rings is 3. The van der Waals surface area contributed by atoms with Gasteiger partial charge in [-0.3, -0.25) is 9.59 Å². The van der Waals surface area contributed by atoms with Crippen molar-refractivity contribution in [2.75, 3.05) is 17.7 Å². The minimum Gasteiger partial charge on any atom is -0.307 e. The van der Waals surface area contributed by atoms with E-state index in [1.165, 1.54) is 17.0 Å². The lowest BCUT2D eigenvalue weighted by Gasteiger charge is -2.30. The van der Waals surface area contributed by atoms with Crippen molar-refractivity contribution in [1.29, 1.82) is 0 Å². The van der Waals surface area contributed by atoms with Crippen molar-refractivity contribution in [3.8, 4) is 5.69 Å². The zero-order chi connectivity index (χ0) is 23.2. The molecule has 0 spiro atoms. The fourth-order valence-corrected chi connectivity index (χ4v) is 4.91. The second-order valence-corrected chi connectivity index (χ2v) is 10.1. The highest BCUT2D eigenvalue weighted by molar-refractivity contribution is 7.90. The maximum Gasteiger partial charge on any atom is 0.279 e. The summed E-state index contributed by atoms with van der Waals surface area (Å²) in [5.74, 6) is -0.330. The zero-order valence-electron chi connectivity index (χ0n) is 17.9. The first kappa shape index (κ1) is 21.1. The molecule has 7 nitrogen and oxygen atoms in total. The van der Waals surface area contributed by atoms with Crippen molar-refractivity contribution in [2.24, 2.45) is 0 Å². The first-order valence-electron chi connectivity index (χ1n) is 10.6. The number of anilines is 1. The number of para-hydroxylation sites is 1. The van der Waals surface area contributed by atoms with E-state index in [-0.39, 0.29) is 22.1 Å². The number of aromatic nitrogens is 2. The molecule has 166 valence electrons. The highest BCUT2D eigenvalue weighted by Crippen LogP contribution is 2.31. The van der Waals surface area contributed by atoms with E-state index in [2.05, 4.69) is 5.10 Å². The molecule has 1 amide bonds. The van der Waals surface area contributed by atoms with E-state index < -0.39 is 9.84 Å². The molecular weight excluding hydrogens is 438 g/mol. The smallest absolute Gasteiger partial charge is 0.279 e. The maximum atomic E-state index is 13.8. The Balaban J connectivity index is 1.68.